The number of nitrogens with zero attached hydrogens (tertiary/aromatic N) is 1. The number of benzene rings is 3. The van der Waals surface area contributed by atoms with Crippen LogP contribution in [0.25, 0.3) is 6.08 Å². The number of anilines is 1. The van der Waals surface area contributed by atoms with E-state index in [0.29, 0.717) is 39.6 Å². The number of rotatable bonds is 10. The van der Waals surface area contributed by atoms with Crippen LogP contribution in [0.2, 0.25) is 0 Å². The van der Waals surface area contributed by atoms with Gasteiger partial charge in [-0.25, -0.2) is 0 Å². The lowest BCUT2D eigenvalue weighted by molar-refractivity contribution is -0.122. The van der Waals surface area contributed by atoms with Gasteiger partial charge in [-0.1, -0.05) is 76.3 Å². The normalized spacial score (nSPS) is 14.2. The Morgan fingerprint density at radius 1 is 1.05 bits per heavy atom. The van der Waals surface area contributed by atoms with Crippen LogP contribution in [0.15, 0.2) is 82.2 Å². The third-order valence-corrected chi connectivity index (χ3v) is 7.30. The first-order valence-electron chi connectivity index (χ1n) is 11.7. The standard InChI is InChI=1S/C28H25BrN2O4S2/c1-2-34-24-16-20(8-13-23(24)35-18-26(32)30-22-11-9-21(29)10-12-22)17-25-27(33)31(28(36)37-25)15-14-19-6-4-3-5-7-19/h3-13,16-17H,2,14-15,18H2,1H3,(H,30,32)/b25-17-. The van der Waals surface area contributed by atoms with Gasteiger partial charge in [-0.2, -0.15) is 0 Å². The van der Waals surface area contributed by atoms with Crippen LogP contribution in [0.4, 0.5) is 5.69 Å². The summed E-state index contributed by atoms with van der Waals surface area (Å²) in [5.74, 6) is 0.550. The van der Waals surface area contributed by atoms with Gasteiger partial charge in [-0.05, 0) is 66.9 Å². The molecule has 0 aliphatic carbocycles. The monoisotopic (exact) mass is 596 g/mol. The molecule has 1 aliphatic heterocycles. The van der Waals surface area contributed by atoms with Crippen molar-refractivity contribution in [3.63, 3.8) is 0 Å². The quantitative estimate of drug-likeness (QED) is 0.218. The molecule has 3 aromatic rings. The van der Waals surface area contributed by atoms with Crippen molar-refractivity contribution in [1.82, 2.24) is 4.90 Å². The average Bonchev–Trinajstić information content (AvgIpc) is 3.16. The second-order valence-corrected chi connectivity index (χ2v) is 10.6. The third kappa shape index (κ3) is 7.44. The van der Waals surface area contributed by atoms with Crippen molar-refractivity contribution in [3.05, 3.63) is 93.3 Å². The summed E-state index contributed by atoms with van der Waals surface area (Å²) in [5.41, 5.74) is 2.61. The highest BCUT2D eigenvalue weighted by Crippen LogP contribution is 2.35. The van der Waals surface area contributed by atoms with Crippen LogP contribution in [0.1, 0.15) is 18.1 Å². The number of carbonyl (C=O) groups is 2. The molecule has 1 saturated heterocycles. The predicted molar refractivity (Wildman–Crippen MR) is 156 cm³/mol. The van der Waals surface area contributed by atoms with E-state index in [0.717, 1.165) is 22.0 Å². The molecule has 0 atom stereocenters. The number of nitrogens with one attached hydrogen (secondary N) is 1. The van der Waals surface area contributed by atoms with Gasteiger partial charge in [-0.15, -0.1) is 0 Å². The molecule has 0 radical (unpaired) electrons. The van der Waals surface area contributed by atoms with Crippen LogP contribution in [0, 0.1) is 0 Å². The van der Waals surface area contributed by atoms with Crippen molar-refractivity contribution >= 4 is 67.8 Å². The topological polar surface area (TPSA) is 67.9 Å². The highest BCUT2D eigenvalue weighted by atomic mass is 79.9. The van der Waals surface area contributed by atoms with E-state index in [1.54, 1.807) is 35.2 Å². The highest BCUT2D eigenvalue weighted by molar-refractivity contribution is 9.10. The van der Waals surface area contributed by atoms with E-state index in [-0.39, 0.29) is 18.4 Å². The smallest absolute Gasteiger partial charge is 0.266 e. The van der Waals surface area contributed by atoms with E-state index in [1.807, 2.05) is 55.5 Å². The molecule has 0 bridgehead atoms. The Hall–Kier alpha value is -3.14. The lowest BCUT2D eigenvalue weighted by atomic mass is 10.1. The molecule has 9 heteroatoms. The summed E-state index contributed by atoms with van der Waals surface area (Å²) in [6, 6.07) is 22.7. The first-order valence-corrected chi connectivity index (χ1v) is 13.7. The van der Waals surface area contributed by atoms with Gasteiger partial charge in [0.25, 0.3) is 11.8 Å². The molecular formula is C28H25BrN2O4S2. The van der Waals surface area contributed by atoms with Crippen LogP contribution >= 0.6 is 39.9 Å². The molecule has 0 saturated carbocycles. The second-order valence-electron chi connectivity index (χ2n) is 8.05. The molecule has 4 rings (SSSR count). The van der Waals surface area contributed by atoms with Gasteiger partial charge in [0.05, 0.1) is 11.5 Å². The summed E-state index contributed by atoms with van der Waals surface area (Å²) in [7, 11) is 0. The fourth-order valence-electron chi connectivity index (χ4n) is 3.61. The maximum atomic E-state index is 13.0. The average molecular weight is 598 g/mol. The van der Waals surface area contributed by atoms with Gasteiger partial charge in [0.2, 0.25) is 0 Å². The maximum absolute atomic E-state index is 13.0. The first kappa shape index (κ1) is 26.9. The molecular weight excluding hydrogens is 572 g/mol. The van der Waals surface area contributed by atoms with Crippen LogP contribution in [0.3, 0.4) is 0 Å². The second kappa shape index (κ2) is 12.9. The molecule has 190 valence electrons. The SMILES string of the molecule is CCOc1cc(/C=C2\SC(=S)N(CCc3ccccc3)C2=O)ccc1OCC(=O)Nc1ccc(Br)cc1. The number of hydrogen-bond acceptors (Lipinski definition) is 6. The zero-order valence-corrected chi connectivity index (χ0v) is 23.3. The molecule has 3 aromatic carbocycles. The molecule has 1 fully saturated rings. The molecule has 2 amide bonds. The van der Waals surface area contributed by atoms with Gasteiger partial charge in [0.15, 0.2) is 18.1 Å². The summed E-state index contributed by atoms with van der Waals surface area (Å²) < 4.78 is 13.0. The minimum absolute atomic E-state index is 0.103. The molecule has 0 unspecified atom stereocenters. The Kier molecular flexibility index (Phi) is 9.38. The van der Waals surface area contributed by atoms with Gasteiger partial charge < -0.3 is 14.8 Å². The Balaban J connectivity index is 1.40. The number of thioether (sulfide) groups is 1. The lowest BCUT2D eigenvalue weighted by Gasteiger charge is -2.14. The summed E-state index contributed by atoms with van der Waals surface area (Å²) >= 11 is 10.1. The van der Waals surface area contributed by atoms with Crippen molar-refractivity contribution < 1.29 is 19.1 Å². The minimum atomic E-state index is -0.284. The number of thiocarbonyl (C=S) groups is 1. The zero-order chi connectivity index (χ0) is 26.2. The van der Waals surface area contributed by atoms with E-state index in [1.165, 1.54) is 11.8 Å². The van der Waals surface area contributed by atoms with Crippen LogP contribution in [0.5, 0.6) is 11.5 Å². The molecule has 1 aliphatic rings. The molecule has 37 heavy (non-hydrogen) atoms. The van der Waals surface area contributed by atoms with Crippen molar-refractivity contribution in [2.45, 2.75) is 13.3 Å². The van der Waals surface area contributed by atoms with Gasteiger partial charge in [0, 0.05) is 16.7 Å². The predicted octanol–water partition coefficient (Wildman–Crippen LogP) is 6.31. The molecule has 6 nitrogen and oxygen atoms in total. The molecule has 1 N–H and O–H groups in total. The van der Waals surface area contributed by atoms with Crippen molar-refractivity contribution in [1.29, 1.82) is 0 Å². The number of amides is 2. The van der Waals surface area contributed by atoms with E-state index >= 15 is 0 Å². The van der Waals surface area contributed by atoms with Crippen molar-refractivity contribution in [3.8, 4) is 11.5 Å². The fourth-order valence-corrected chi connectivity index (χ4v) is 5.18. The Labute approximate surface area is 234 Å². The Morgan fingerprint density at radius 3 is 2.54 bits per heavy atom. The lowest BCUT2D eigenvalue weighted by Crippen LogP contribution is -2.30. The van der Waals surface area contributed by atoms with E-state index in [4.69, 9.17) is 21.7 Å². The van der Waals surface area contributed by atoms with Gasteiger partial charge in [0.1, 0.15) is 4.32 Å². The summed E-state index contributed by atoms with van der Waals surface area (Å²) in [6.07, 6.45) is 2.53. The van der Waals surface area contributed by atoms with E-state index < -0.39 is 0 Å². The Morgan fingerprint density at radius 2 is 1.81 bits per heavy atom. The highest BCUT2D eigenvalue weighted by Gasteiger charge is 2.31. The summed E-state index contributed by atoms with van der Waals surface area (Å²) in [4.78, 5) is 27.5. The van der Waals surface area contributed by atoms with Crippen LogP contribution < -0.4 is 14.8 Å². The minimum Gasteiger partial charge on any atom is -0.490 e. The number of ether oxygens (including phenoxy) is 2. The number of hydrogen-bond donors (Lipinski definition) is 1. The van der Waals surface area contributed by atoms with Crippen LogP contribution in [-0.2, 0) is 16.0 Å². The molecule has 0 spiro atoms. The van der Waals surface area contributed by atoms with Gasteiger partial charge >= 0.3 is 0 Å². The summed E-state index contributed by atoms with van der Waals surface area (Å²) in [5, 5.41) is 2.79. The summed E-state index contributed by atoms with van der Waals surface area (Å²) in [6.45, 7) is 2.65. The van der Waals surface area contributed by atoms with Crippen LogP contribution in [-0.4, -0.2) is 40.8 Å². The van der Waals surface area contributed by atoms with Crippen molar-refractivity contribution in [2.75, 3.05) is 25.1 Å². The van der Waals surface area contributed by atoms with E-state index in [2.05, 4.69) is 21.2 Å². The van der Waals surface area contributed by atoms with Crippen molar-refractivity contribution in [2.24, 2.45) is 0 Å². The third-order valence-electron chi connectivity index (χ3n) is 5.39. The van der Waals surface area contributed by atoms with Gasteiger partial charge in [-0.3, -0.25) is 14.5 Å². The van der Waals surface area contributed by atoms with E-state index in [9.17, 15) is 9.59 Å². The Bertz CT molecular complexity index is 1310. The number of carbonyl (C=O) groups excluding carboxylic acids is 2. The fraction of sp³-hybridized carbons (Fsp3) is 0.179. The largest absolute Gasteiger partial charge is 0.490 e. The molecule has 0 aromatic heterocycles. The molecule has 1 heterocycles. The zero-order valence-electron chi connectivity index (χ0n) is 20.1. The maximum Gasteiger partial charge on any atom is 0.266 e. The number of halogens is 1. The first-order chi connectivity index (χ1) is 17.9.